The van der Waals surface area contributed by atoms with E-state index in [1.807, 2.05) is 41.3 Å². The maximum absolute atomic E-state index is 12.7. The van der Waals surface area contributed by atoms with E-state index in [1.54, 1.807) is 12.3 Å². The van der Waals surface area contributed by atoms with Gasteiger partial charge in [-0.1, -0.05) is 46.6 Å². The van der Waals surface area contributed by atoms with Crippen molar-refractivity contribution in [1.82, 2.24) is 10.1 Å². The summed E-state index contributed by atoms with van der Waals surface area (Å²) in [6.07, 6.45) is 2.38. The predicted octanol–water partition coefficient (Wildman–Crippen LogP) is 4.85. The zero-order valence-corrected chi connectivity index (χ0v) is 14.7. The van der Waals surface area contributed by atoms with Crippen molar-refractivity contribution in [1.29, 1.82) is 0 Å². The zero-order chi connectivity index (χ0) is 17.4. The molecule has 0 bridgehead atoms. The van der Waals surface area contributed by atoms with Crippen LogP contribution in [-0.2, 0) is 13.0 Å². The number of benzene rings is 2. The number of fused-ring (bicyclic) bond motifs is 1. The van der Waals surface area contributed by atoms with Gasteiger partial charge in [-0.25, -0.2) is 0 Å². The lowest BCUT2D eigenvalue weighted by Gasteiger charge is -2.25. The highest BCUT2D eigenvalue weighted by molar-refractivity contribution is 6.42. The van der Waals surface area contributed by atoms with Gasteiger partial charge in [0.15, 0.2) is 0 Å². The van der Waals surface area contributed by atoms with Gasteiger partial charge >= 0.3 is 0 Å². The smallest absolute Gasteiger partial charge is 0.254 e. The lowest BCUT2D eigenvalue weighted by Crippen LogP contribution is -2.35. The molecule has 4 nitrogen and oxygen atoms in total. The van der Waals surface area contributed by atoms with Crippen LogP contribution >= 0.6 is 23.2 Å². The number of hydrogen-bond donors (Lipinski definition) is 0. The van der Waals surface area contributed by atoms with Gasteiger partial charge in [0, 0.05) is 24.1 Å². The zero-order valence-electron chi connectivity index (χ0n) is 13.2. The maximum Gasteiger partial charge on any atom is 0.254 e. The van der Waals surface area contributed by atoms with Crippen LogP contribution in [0.4, 0.5) is 0 Å². The van der Waals surface area contributed by atoms with E-state index >= 15 is 0 Å². The number of aromatic nitrogens is 1. The first-order valence-corrected chi connectivity index (χ1v) is 8.64. The molecule has 0 fully saturated rings. The summed E-state index contributed by atoms with van der Waals surface area (Å²) in [4.78, 5) is 14.5. The second-order valence-electron chi connectivity index (χ2n) is 5.96. The maximum atomic E-state index is 12.7. The average Bonchev–Trinajstić information content (AvgIpc) is 3.11. The van der Waals surface area contributed by atoms with Crippen LogP contribution in [0, 0.1) is 0 Å². The molecule has 1 amide bonds. The molecule has 4 rings (SSSR count). The summed E-state index contributed by atoms with van der Waals surface area (Å²) in [6, 6.07) is 13.0. The molecule has 0 radical (unpaired) electrons. The second-order valence-corrected chi connectivity index (χ2v) is 6.77. The van der Waals surface area contributed by atoms with Crippen LogP contribution in [0.5, 0.6) is 0 Å². The van der Waals surface area contributed by atoms with Crippen molar-refractivity contribution < 1.29 is 9.32 Å². The van der Waals surface area contributed by atoms with Gasteiger partial charge in [-0.2, -0.15) is 0 Å². The molecule has 0 atom stereocenters. The summed E-state index contributed by atoms with van der Waals surface area (Å²) < 4.78 is 5.16. The Morgan fingerprint density at radius 1 is 1.04 bits per heavy atom. The summed E-state index contributed by atoms with van der Waals surface area (Å²) in [7, 11) is 0. The molecular weight excluding hydrogens is 359 g/mol. The lowest BCUT2D eigenvalue weighted by atomic mass is 10.0. The summed E-state index contributed by atoms with van der Waals surface area (Å²) >= 11 is 12.0. The molecule has 0 unspecified atom stereocenters. The minimum absolute atomic E-state index is 0.00698. The molecule has 1 aliphatic heterocycles. The van der Waals surface area contributed by atoms with Gasteiger partial charge in [0.2, 0.25) is 0 Å². The van der Waals surface area contributed by atoms with Crippen molar-refractivity contribution in [3.05, 3.63) is 75.6 Å². The fraction of sp³-hybridized carbons (Fsp3) is 0.158. The van der Waals surface area contributed by atoms with Crippen LogP contribution in [-0.4, -0.2) is 22.5 Å². The summed E-state index contributed by atoms with van der Waals surface area (Å²) in [5, 5.41) is 4.83. The van der Waals surface area contributed by atoms with Crippen molar-refractivity contribution in [2.24, 2.45) is 0 Å². The van der Waals surface area contributed by atoms with Crippen LogP contribution in [0.2, 0.25) is 10.0 Å². The Labute approximate surface area is 154 Å². The topological polar surface area (TPSA) is 46.3 Å². The molecule has 3 aromatic rings. The van der Waals surface area contributed by atoms with E-state index in [2.05, 4.69) is 5.16 Å². The van der Waals surface area contributed by atoms with Gasteiger partial charge in [0.1, 0.15) is 5.76 Å². The molecule has 25 heavy (non-hydrogen) atoms. The van der Waals surface area contributed by atoms with Gasteiger partial charge in [0.05, 0.1) is 22.8 Å². The van der Waals surface area contributed by atoms with E-state index in [1.165, 1.54) is 0 Å². The van der Waals surface area contributed by atoms with Gasteiger partial charge in [-0.15, -0.1) is 0 Å². The normalized spacial score (nSPS) is 13.6. The number of carbonyl (C=O) groups is 1. The SMILES string of the molecule is O=C(c1ccc(-c2ccc(Cl)c(Cl)c2)cc1)N1CCc2oncc2C1. The van der Waals surface area contributed by atoms with Crippen LogP contribution in [0.15, 0.2) is 53.2 Å². The van der Waals surface area contributed by atoms with E-state index in [-0.39, 0.29) is 5.91 Å². The van der Waals surface area contributed by atoms with E-state index in [4.69, 9.17) is 27.7 Å². The molecule has 0 aliphatic carbocycles. The van der Waals surface area contributed by atoms with Crippen molar-refractivity contribution in [3.63, 3.8) is 0 Å². The van der Waals surface area contributed by atoms with E-state index in [0.29, 0.717) is 35.1 Å². The molecule has 1 aromatic heterocycles. The molecule has 0 N–H and O–H groups in total. The average molecular weight is 373 g/mol. The Hall–Kier alpha value is -2.30. The number of rotatable bonds is 2. The highest BCUT2D eigenvalue weighted by Gasteiger charge is 2.24. The quantitative estimate of drug-likeness (QED) is 0.645. The second kappa shape index (κ2) is 6.54. The first kappa shape index (κ1) is 16.2. The van der Waals surface area contributed by atoms with Crippen molar-refractivity contribution in [2.45, 2.75) is 13.0 Å². The Morgan fingerprint density at radius 3 is 2.56 bits per heavy atom. The summed E-state index contributed by atoms with van der Waals surface area (Å²) in [5.41, 5.74) is 3.58. The van der Waals surface area contributed by atoms with Crippen molar-refractivity contribution >= 4 is 29.1 Å². The van der Waals surface area contributed by atoms with Crippen LogP contribution < -0.4 is 0 Å². The number of carbonyl (C=O) groups excluding carboxylic acids is 1. The fourth-order valence-corrected chi connectivity index (χ4v) is 3.28. The number of amides is 1. The Balaban J connectivity index is 1.54. The van der Waals surface area contributed by atoms with Gasteiger partial charge in [0.25, 0.3) is 5.91 Å². The predicted molar refractivity (Wildman–Crippen MR) is 96.8 cm³/mol. The fourth-order valence-electron chi connectivity index (χ4n) is 2.98. The van der Waals surface area contributed by atoms with Gasteiger partial charge in [-0.05, 0) is 35.4 Å². The van der Waals surface area contributed by atoms with Gasteiger partial charge in [-0.3, -0.25) is 4.79 Å². The Morgan fingerprint density at radius 2 is 1.80 bits per heavy atom. The number of halogens is 2. The Kier molecular flexibility index (Phi) is 4.24. The van der Waals surface area contributed by atoms with Gasteiger partial charge < -0.3 is 9.42 Å². The molecule has 1 aliphatic rings. The van der Waals surface area contributed by atoms with E-state index < -0.39 is 0 Å². The third-order valence-corrected chi connectivity index (χ3v) is 5.11. The molecule has 0 saturated heterocycles. The largest absolute Gasteiger partial charge is 0.361 e. The molecule has 2 heterocycles. The molecule has 0 saturated carbocycles. The van der Waals surface area contributed by atoms with E-state index in [0.717, 1.165) is 22.5 Å². The molecule has 6 heteroatoms. The lowest BCUT2D eigenvalue weighted by molar-refractivity contribution is 0.0729. The third kappa shape index (κ3) is 3.15. The minimum atomic E-state index is 0.00698. The summed E-state index contributed by atoms with van der Waals surface area (Å²) in [5.74, 6) is 0.881. The van der Waals surface area contributed by atoms with Crippen LogP contribution in [0.3, 0.4) is 0 Å². The third-order valence-electron chi connectivity index (χ3n) is 4.37. The molecule has 126 valence electrons. The highest BCUT2D eigenvalue weighted by atomic mass is 35.5. The molecule has 0 spiro atoms. The highest BCUT2D eigenvalue weighted by Crippen LogP contribution is 2.29. The van der Waals surface area contributed by atoms with Crippen molar-refractivity contribution in [2.75, 3.05) is 6.54 Å². The van der Waals surface area contributed by atoms with Crippen LogP contribution in [0.1, 0.15) is 21.7 Å². The molecular formula is C19H14Cl2N2O2. The number of nitrogens with zero attached hydrogens (tertiary/aromatic N) is 2. The monoisotopic (exact) mass is 372 g/mol. The minimum Gasteiger partial charge on any atom is -0.361 e. The first-order valence-electron chi connectivity index (χ1n) is 7.89. The van der Waals surface area contributed by atoms with Crippen LogP contribution in [0.25, 0.3) is 11.1 Å². The first-order chi connectivity index (χ1) is 12.1. The number of hydrogen-bond acceptors (Lipinski definition) is 3. The van der Waals surface area contributed by atoms with Crippen molar-refractivity contribution in [3.8, 4) is 11.1 Å². The standard InChI is InChI=1S/C19H14Cl2N2O2/c20-16-6-5-14(9-17(16)21)12-1-3-13(4-2-12)19(24)23-8-7-18-15(11-23)10-22-25-18/h1-6,9-10H,7-8,11H2. The summed E-state index contributed by atoms with van der Waals surface area (Å²) in [6.45, 7) is 1.17. The Bertz CT molecular complexity index is 935. The van der Waals surface area contributed by atoms with E-state index in [9.17, 15) is 4.79 Å². The molecule has 2 aromatic carbocycles.